The van der Waals surface area contributed by atoms with Crippen molar-refractivity contribution in [2.24, 2.45) is 11.8 Å². The zero-order chi connectivity index (χ0) is 18.7. The van der Waals surface area contributed by atoms with E-state index in [9.17, 15) is 13.2 Å². The van der Waals surface area contributed by atoms with Crippen molar-refractivity contribution in [2.75, 3.05) is 13.1 Å². The largest absolute Gasteiger partial charge is 0.353 e. The van der Waals surface area contributed by atoms with Crippen LogP contribution in [0.5, 0.6) is 0 Å². The second-order valence-corrected chi connectivity index (χ2v) is 11.3. The molecule has 146 valence electrons. The molecule has 1 atom stereocenters. The molecule has 1 saturated heterocycles. The van der Waals surface area contributed by atoms with Gasteiger partial charge in [0.15, 0.2) is 0 Å². The van der Waals surface area contributed by atoms with Crippen LogP contribution in [0.1, 0.15) is 51.9 Å². The summed E-state index contributed by atoms with van der Waals surface area (Å²) in [6.45, 7) is 2.90. The molecule has 2 heterocycles. The number of halogens is 1. The molecule has 0 radical (unpaired) electrons. The molecule has 3 rings (SSSR count). The zero-order valence-electron chi connectivity index (χ0n) is 15.1. The van der Waals surface area contributed by atoms with Crippen LogP contribution in [0.15, 0.2) is 16.3 Å². The monoisotopic (exact) mass is 418 g/mol. The number of nitrogens with one attached hydrogen (secondary N) is 1. The van der Waals surface area contributed by atoms with E-state index in [0.717, 1.165) is 37.0 Å². The van der Waals surface area contributed by atoms with Gasteiger partial charge in [0.25, 0.3) is 10.0 Å². The van der Waals surface area contributed by atoms with Gasteiger partial charge in [-0.05, 0) is 43.7 Å². The van der Waals surface area contributed by atoms with E-state index < -0.39 is 10.0 Å². The molecule has 1 amide bonds. The van der Waals surface area contributed by atoms with Crippen molar-refractivity contribution >= 4 is 38.9 Å². The highest BCUT2D eigenvalue weighted by Crippen LogP contribution is 2.32. The maximum Gasteiger partial charge on any atom is 0.252 e. The Labute approximate surface area is 165 Å². The van der Waals surface area contributed by atoms with Gasteiger partial charge in [0.2, 0.25) is 5.91 Å². The SMILES string of the molecule is C[C@@H](C(=O)NC1CCCCC1)C1CCN(S(=O)(=O)c2ccc(Cl)s2)CC1. The van der Waals surface area contributed by atoms with E-state index in [0.29, 0.717) is 27.7 Å². The number of carbonyl (C=O) groups is 1. The van der Waals surface area contributed by atoms with Crippen molar-refractivity contribution in [1.82, 2.24) is 9.62 Å². The van der Waals surface area contributed by atoms with Crippen LogP contribution in [-0.4, -0.2) is 37.8 Å². The maximum absolute atomic E-state index is 12.7. The van der Waals surface area contributed by atoms with Crippen LogP contribution in [0, 0.1) is 11.8 Å². The third-order valence-electron chi connectivity index (χ3n) is 5.71. The number of sulfonamides is 1. The summed E-state index contributed by atoms with van der Waals surface area (Å²) in [6, 6.07) is 3.50. The lowest BCUT2D eigenvalue weighted by atomic mass is 9.85. The lowest BCUT2D eigenvalue weighted by molar-refractivity contribution is -0.127. The van der Waals surface area contributed by atoms with Crippen LogP contribution in [0.25, 0.3) is 0 Å². The van der Waals surface area contributed by atoms with Crippen molar-refractivity contribution in [2.45, 2.75) is 62.1 Å². The first-order valence-corrected chi connectivity index (χ1v) is 12.1. The Kier molecular flexibility index (Phi) is 6.64. The number of hydrogen-bond donors (Lipinski definition) is 1. The molecular formula is C18H27ClN2O3S2. The molecule has 8 heteroatoms. The minimum atomic E-state index is -3.47. The molecule has 0 unspecified atom stereocenters. The molecule has 0 bridgehead atoms. The first kappa shape index (κ1) is 20.1. The highest BCUT2D eigenvalue weighted by molar-refractivity contribution is 7.91. The molecule has 26 heavy (non-hydrogen) atoms. The van der Waals surface area contributed by atoms with Gasteiger partial charge in [0.05, 0.1) is 4.34 Å². The fourth-order valence-electron chi connectivity index (χ4n) is 3.97. The first-order chi connectivity index (χ1) is 12.4. The molecule has 1 aliphatic carbocycles. The second kappa shape index (κ2) is 8.59. The topological polar surface area (TPSA) is 66.5 Å². The van der Waals surface area contributed by atoms with Crippen molar-refractivity contribution < 1.29 is 13.2 Å². The molecular weight excluding hydrogens is 392 g/mol. The van der Waals surface area contributed by atoms with Crippen molar-refractivity contribution in [3.8, 4) is 0 Å². The molecule has 1 aromatic heterocycles. The van der Waals surface area contributed by atoms with Gasteiger partial charge in [-0.15, -0.1) is 11.3 Å². The maximum atomic E-state index is 12.7. The van der Waals surface area contributed by atoms with E-state index >= 15 is 0 Å². The van der Waals surface area contributed by atoms with Gasteiger partial charge in [-0.2, -0.15) is 4.31 Å². The molecule has 0 spiro atoms. The first-order valence-electron chi connectivity index (χ1n) is 9.44. The van der Waals surface area contributed by atoms with Crippen LogP contribution in [0.4, 0.5) is 0 Å². The van der Waals surface area contributed by atoms with Crippen LogP contribution < -0.4 is 5.32 Å². The van der Waals surface area contributed by atoms with E-state index in [1.54, 1.807) is 12.1 Å². The molecule has 5 nitrogen and oxygen atoms in total. The Morgan fingerprint density at radius 2 is 1.85 bits per heavy atom. The Morgan fingerprint density at radius 1 is 1.19 bits per heavy atom. The Bertz CT molecular complexity index is 721. The molecule has 1 aliphatic heterocycles. The highest BCUT2D eigenvalue weighted by Gasteiger charge is 2.34. The number of nitrogens with zero attached hydrogens (tertiary/aromatic N) is 1. The minimum Gasteiger partial charge on any atom is -0.353 e. The van der Waals surface area contributed by atoms with Crippen molar-refractivity contribution in [3.05, 3.63) is 16.5 Å². The number of rotatable bonds is 5. The summed E-state index contributed by atoms with van der Waals surface area (Å²) < 4.78 is 27.6. The highest BCUT2D eigenvalue weighted by atomic mass is 35.5. The molecule has 0 aromatic carbocycles. The molecule has 2 aliphatic rings. The summed E-state index contributed by atoms with van der Waals surface area (Å²) in [5.74, 6) is 0.290. The van der Waals surface area contributed by atoms with Crippen LogP contribution in [-0.2, 0) is 14.8 Å². The van der Waals surface area contributed by atoms with Gasteiger partial charge < -0.3 is 5.32 Å². The summed E-state index contributed by atoms with van der Waals surface area (Å²) >= 11 is 6.97. The van der Waals surface area contributed by atoms with Crippen molar-refractivity contribution in [3.63, 3.8) is 0 Å². The van der Waals surface area contributed by atoms with Gasteiger partial charge in [-0.25, -0.2) is 8.42 Å². The number of carbonyl (C=O) groups excluding carboxylic acids is 1. The summed E-state index contributed by atoms with van der Waals surface area (Å²) in [6.07, 6.45) is 7.27. The standard InChI is InChI=1S/C18H27ClN2O3S2/c1-13(18(22)20-15-5-3-2-4-6-15)14-9-11-21(12-10-14)26(23,24)17-8-7-16(19)25-17/h7-8,13-15H,2-6,9-12H2,1H3,(H,20,22)/t13-/m1/s1. The number of piperidine rings is 1. The van der Waals surface area contributed by atoms with Gasteiger partial charge in [0.1, 0.15) is 4.21 Å². The fourth-order valence-corrected chi connectivity index (χ4v) is 7.08. The fraction of sp³-hybridized carbons (Fsp3) is 0.722. The average Bonchev–Trinajstić information content (AvgIpc) is 3.09. The smallest absolute Gasteiger partial charge is 0.252 e. The third-order valence-corrected chi connectivity index (χ3v) is 9.31. The lowest BCUT2D eigenvalue weighted by Crippen LogP contribution is -2.45. The van der Waals surface area contributed by atoms with Crippen molar-refractivity contribution in [1.29, 1.82) is 0 Å². The number of thiophene rings is 1. The zero-order valence-corrected chi connectivity index (χ0v) is 17.5. The molecule has 1 aromatic rings. The van der Waals surface area contributed by atoms with Gasteiger partial charge >= 0.3 is 0 Å². The predicted molar refractivity (Wildman–Crippen MR) is 105 cm³/mol. The minimum absolute atomic E-state index is 0.0713. The van der Waals surface area contributed by atoms with Crippen LogP contribution >= 0.6 is 22.9 Å². The number of amides is 1. The van der Waals surface area contributed by atoms with E-state index in [-0.39, 0.29) is 17.7 Å². The average molecular weight is 419 g/mol. The summed E-state index contributed by atoms with van der Waals surface area (Å²) in [7, 11) is -3.47. The van der Waals surface area contributed by atoms with Gasteiger partial charge in [-0.1, -0.05) is 37.8 Å². The summed E-state index contributed by atoms with van der Waals surface area (Å²) in [5, 5.41) is 3.20. The van der Waals surface area contributed by atoms with E-state index in [2.05, 4.69) is 5.32 Å². The second-order valence-electron chi connectivity index (χ2n) is 7.43. The van der Waals surface area contributed by atoms with Crippen LogP contribution in [0.2, 0.25) is 4.34 Å². The number of hydrogen-bond acceptors (Lipinski definition) is 4. The summed E-state index contributed by atoms with van der Waals surface area (Å²) in [4.78, 5) is 12.6. The van der Waals surface area contributed by atoms with E-state index in [1.165, 1.54) is 23.6 Å². The quantitative estimate of drug-likeness (QED) is 0.788. The van der Waals surface area contributed by atoms with Crippen LogP contribution in [0.3, 0.4) is 0 Å². The van der Waals surface area contributed by atoms with Gasteiger partial charge in [-0.3, -0.25) is 4.79 Å². The molecule has 2 fully saturated rings. The molecule has 1 saturated carbocycles. The normalized spacial score (nSPS) is 22.2. The third kappa shape index (κ3) is 4.61. The van der Waals surface area contributed by atoms with E-state index in [1.807, 2.05) is 6.92 Å². The molecule has 1 N–H and O–H groups in total. The van der Waals surface area contributed by atoms with E-state index in [4.69, 9.17) is 11.6 Å². The predicted octanol–water partition coefficient (Wildman–Crippen LogP) is 3.89. The Balaban J connectivity index is 1.53. The van der Waals surface area contributed by atoms with Gasteiger partial charge in [0, 0.05) is 25.0 Å². The summed E-state index contributed by atoms with van der Waals surface area (Å²) in [5.41, 5.74) is 0. The Morgan fingerprint density at radius 3 is 2.42 bits per heavy atom. The lowest BCUT2D eigenvalue weighted by Gasteiger charge is -2.34. The Hall–Kier alpha value is -0.630.